The Kier molecular flexibility index (Phi) is 8.36. The van der Waals surface area contributed by atoms with Gasteiger partial charge in [0.1, 0.15) is 11.6 Å². The van der Waals surface area contributed by atoms with Gasteiger partial charge in [-0.2, -0.15) is 4.31 Å². The van der Waals surface area contributed by atoms with Gasteiger partial charge < -0.3 is 15.3 Å². The third-order valence-electron chi connectivity index (χ3n) is 6.27. The van der Waals surface area contributed by atoms with Crippen LogP contribution in [0.4, 0.5) is 8.78 Å². The fourth-order valence-corrected chi connectivity index (χ4v) is 5.92. The first-order chi connectivity index (χ1) is 18.6. The molecule has 9 nitrogen and oxygen atoms in total. The molecule has 0 saturated carbocycles. The summed E-state index contributed by atoms with van der Waals surface area (Å²) in [6.45, 7) is -0.331. The molecule has 12 heteroatoms. The molecule has 0 radical (unpaired) electrons. The van der Waals surface area contributed by atoms with Gasteiger partial charge in [-0.15, -0.1) is 0 Å². The van der Waals surface area contributed by atoms with E-state index in [9.17, 15) is 36.7 Å². The van der Waals surface area contributed by atoms with E-state index in [1.807, 2.05) is 0 Å². The first-order valence-corrected chi connectivity index (χ1v) is 13.4. The molecule has 39 heavy (non-hydrogen) atoms. The molecular weight excluding hydrogens is 532 g/mol. The number of aliphatic carboxylic acids is 1. The number of sulfonamides is 1. The van der Waals surface area contributed by atoms with Crippen LogP contribution in [-0.2, 0) is 30.8 Å². The third kappa shape index (κ3) is 6.47. The lowest BCUT2D eigenvalue weighted by Gasteiger charge is -2.30. The lowest BCUT2D eigenvalue weighted by Crippen LogP contribution is -2.54. The predicted octanol–water partition coefficient (Wildman–Crippen LogP) is 2.70. The summed E-state index contributed by atoms with van der Waals surface area (Å²) in [6, 6.07) is 16.4. The number of amides is 2. The van der Waals surface area contributed by atoms with Gasteiger partial charge in [0.05, 0.1) is 23.8 Å². The molecule has 0 bridgehead atoms. The number of hydrogen-bond donors (Lipinski definition) is 2. The highest BCUT2D eigenvalue weighted by Crippen LogP contribution is 2.27. The molecular formula is C27H25F2N3O6S. The van der Waals surface area contributed by atoms with E-state index in [4.69, 9.17) is 0 Å². The number of nitrogens with zero attached hydrogens (tertiary/aromatic N) is 2. The van der Waals surface area contributed by atoms with E-state index in [1.165, 1.54) is 12.1 Å². The summed E-state index contributed by atoms with van der Waals surface area (Å²) >= 11 is 0. The van der Waals surface area contributed by atoms with Crippen molar-refractivity contribution in [3.63, 3.8) is 0 Å². The summed E-state index contributed by atoms with van der Waals surface area (Å²) in [5.41, 5.74) is 0.928. The summed E-state index contributed by atoms with van der Waals surface area (Å²) in [6.07, 6.45) is -2.33. The lowest BCUT2D eigenvalue weighted by molar-refractivity contribution is -0.141. The molecule has 204 valence electrons. The minimum atomic E-state index is -4.37. The number of benzene rings is 3. The molecule has 1 saturated heterocycles. The Balaban J connectivity index is 1.68. The molecule has 2 amide bonds. The molecule has 3 aromatic carbocycles. The standard InChI is InChI=1S/C27H25F2N3O6S/c28-20-8-6-19(7-9-20)23(17-25(34)35)30-26(36)27-31(24(33)16-18-4-2-1-3-5-18)14-15-32(27)39(37,38)22-12-10-21(29)11-13-22/h1-13,23,27H,14-17H2,(H,30,36)(H,34,35). The van der Waals surface area contributed by atoms with Gasteiger partial charge in [0.2, 0.25) is 15.9 Å². The topological polar surface area (TPSA) is 124 Å². The van der Waals surface area contributed by atoms with E-state index in [0.29, 0.717) is 5.56 Å². The summed E-state index contributed by atoms with van der Waals surface area (Å²) in [7, 11) is -4.37. The van der Waals surface area contributed by atoms with Crippen molar-refractivity contribution in [2.45, 2.75) is 29.9 Å². The molecule has 1 aliphatic rings. The van der Waals surface area contributed by atoms with Gasteiger partial charge in [-0.1, -0.05) is 42.5 Å². The minimum Gasteiger partial charge on any atom is -0.481 e. The first kappa shape index (κ1) is 27.9. The van der Waals surface area contributed by atoms with Gasteiger partial charge >= 0.3 is 5.97 Å². The van der Waals surface area contributed by atoms with Crippen molar-refractivity contribution in [1.82, 2.24) is 14.5 Å². The smallest absolute Gasteiger partial charge is 0.305 e. The van der Waals surface area contributed by atoms with Crippen LogP contribution in [0.1, 0.15) is 23.6 Å². The highest BCUT2D eigenvalue weighted by Gasteiger charge is 2.46. The number of nitrogens with one attached hydrogen (secondary N) is 1. The summed E-state index contributed by atoms with van der Waals surface area (Å²) in [4.78, 5) is 39.3. The molecule has 4 rings (SSSR count). The molecule has 1 heterocycles. The molecule has 0 aromatic heterocycles. The van der Waals surface area contributed by atoms with E-state index in [0.717, 1.165) is 45.6 Å². The van der Waals surface area contributed by atoms with Gasteiger partial charge in [-0.05, 0) is 47.5 Å². The van der Waals surface area contributed by atoms with Crippen molar-refractivity contribution < 1.29 is 36.7 Å². The number of carbonyl (C=O) groups excluding carboxylic acids is 2. The Morgan fingerprint density at radius 3 is 2.08 bits per heavy atom. The van der Waals surface area contributed by atoms with E-state index >= 15 is 0 Å². The Morgan fingerprint density at radius 1 is 0.897 bits per heavy atom. The number of rotatable bonds is 9. The fourth-order valence-electron chi connectivity index (χ4n) is 4.37. The molecule has 2 atom stereocenters. The minimum absolute atomic E-state index is 0.106. The Labute approximate surface area is 223 Å². The monoisotopic (exact) mass is 557 g/mol. The van der Waals surface area contributed by atoms with Gasteiger partial charge in [-0.25, -0.2) is 17.2 Å². The van der Waals surface area contributed by atoms with Crippen LogP contribution in [0, 0.1) is 11.6 Å². The largest absolute Gasteiger partial charge is 0.481 e. The van der Waals surface area contributed by atoms with Crippen LogP contribution in [0.3, 0.4) is 0 Å². The van der Waals surface area contributed by atoms with Crippen molar-refractivity contribution >= 4 is 27.8 Å². The highest BCUT2D eigenvalue weighted by molar-refractivity contribution is 7.89. The number of hydrogen-bond acceptors (Lipinski definition) is 5. The van der Waals surface area contributed by atoms with Gasteiger partial charge in [-0.3, -0.25) is 14.4 Å². The Morgan fingerprint density at radius 2 is 1.49 bits per heavy atom. The van der Waals surface area contributed by atoms with Crippen LogP contribution in [0.25, 0.3) is 0 Å². The third-order valence-corrected chi connectivity index (χ3v) is 8.14. The van der Waals surface area contributed by atoms with Crippen LogP contribution in [0.2, 0.25) is 0 Å². The zero-order chi connectivity index (χ0) is 28.2. The zero-order valence-electron chi connectivity index (χ0n) is 20.5. The molecule has 1 aliphatic heterocycles. The maximum absolute atomic E-state index is 13.6. The SMILES string of the molecule is O=C(O)CC(NC(=O)C1N(C(=O)Cc2ccccc2)CCN1S(=O)(=O)c1ccc(F)cc1)c1ccc(F)cc1. The normalized spacial score (nSPS) is 16.6. The van der Waals surface area contributed by atoms with E-state index in [1.54, 1.807) is 30.3 Å². The number of carboxylic acids is 1. The van der Waals surface area contributed by atoms with Crippen LogP contribution in [-0.4, -0.2) is 59.8 Å². The van der Waals surface area contributed by atoms with Crippen molar-refractivity contribution in [3.05, 3.63) is 102 Å². The van der Waals surface area contributed by atoms with Crippen LogP contribution in [0.5, 0.6) is 0 Å². The van der Waals surface area contributed by atoms with Crippen molar-refractivity contribution in [1.29, 1.82) is 0 Å². The van der Waals surface area contributed by atoms with E-state index in [-0.39, 0.29) is 30.0 Å². The van der Waals surface area contributed by atoms with Crippen molar-refractivity contribution in [3.8, 4) is 0 Å². The Bertz CT molecular complexity index is 1450. The zero-order valence-corrected chi connectivity index (χ0v) is 21.4. The second-order valence-electron chi connectivity index (χ2n) is 8.90. The van der Waals surface area contributed by atoms with Crippen LogP contribution in [0.15, 0.2) is 83.8 Å². The molecule has 3 aromatic rings. The lowest BCUT2D eigenvalue weighted by atomic mass is 10.0. The highest BCUT2D eigenvalue weighted by atomic mass is 32.2. The summed E-state index contributed by atoms with van der Waals surface area (Å²) in [5, 5.41) is 11.9. The predicted molar refractivity (Wildman–Crippen MR) is 135 cm³/mol. The molecule has 0 aliphatic carbocycles. The first-order valence-electron chi connectivity index (χ1n) is 11.9. The molecule has 2 unspecified atom stereocenters. The average molecular weight is 558 g/mol. The van der Waals surface area contributed by atoms with Gasteiger partial charge in [0.25, 0.3) is 5.91 Å². The molecule has 0 spiro atoms. The van der Waals surface area contributed by atoms with Gasteiger partial charge in [0.15, 0.2) is 6.17 Å². The number of carboxylic acid groups (broad SMARTS) is 1. The number of halogens is 2. The quantitative estimate of drug-likeness (QED) is 0.417. The number of carbonyl (C=O) groups is 3. The van der Waals surface area contributed by atoms with E-state index in [2.05, 4.69) is 5.32 Å². The van der Waals surface area contributed by atoms with Crippen LogP contribution >= 0.6 is 0 Å². The maximum atomic E-state index is 13.6. The van der Waals surface area contributed by atoms with Crippen LogP contribution < -0.4 is 5.32 Å². The maximum Gasteiger partial charge on any atom is 0.305 e. The summed E-state index contributed by atoms with van der Waals surface area (Å²) in [5.74, 6) is -3.93. The second-order valence-corrected chi connectivity index (χ2v) is 10.8. The molecule has 1 fully saturated rings. The second kappa shape index (κ2) is 11.7. The van der Waals surface area contributed by atoms with Crippen molar-refractivity contribution in [2.24, 2.45) is 0 Å². The fraction of sp³-hybridized carbons (Fsp3) is 0.222. The Hall–Kier alpha value is -4.16. The van der Waals surface area contributed by atoms with Gasteiger partial charge in [0, 0.05) is 13.1 Å². The summed E-state index contributed by atoms with van der Waals surface area (Å²) < 4.78 is 54.8. The average Bonchev–Trinajstić information content (AvgIpc) is 3.36. The molecule has 2 N–H and O–H groups in total. The van der Waals surface area contributed by atoms with Crippen molar-refractivity contribution in [2.75, 3.05) is 13.1 Å². The van der Waals surface area contributed by atoms with E-state index < -0.39 is 58.1 Å².